The van der Waals surface area contributed by atoms with Gasteiger partial charge in [-0.05, 0) is 66.0 Å². The van der Waals surface area contributed by atoms with E-state index in [0.29, 0.717) is 16.7 Å². The Hall–Kier alpha value is -1.92. The monoisotopic (exact) mass is 416 g/mol. The van der Waals surface area contributed by atoms with Crippen LogP contribution >= 0.6 is 27.7 Å². The van der Waals surface area contributed by atoms with Crippen LogP contribution in [0.15, 0.2) is 56.6 Å². The number of Topliss-reactive ketones (excluding diaryl/α,β-unsaturated/α-hetero) is 1. The first-order valence-electron chi connectivity index (χ1n) is 7.82. The molecule has 0 fully saturated rings. The number of carbonyl (C=O) groups is 1. The molecule has 3 rings (SSSR count). The summed E-state index contributed by atoms with van der Waals surface area (Å²) in [6.07, 6.45) is 0. The molecule has 0 aliphatic carbocycles. The molecule has 1 aromatic heterocycles. The zero-order valence-electron chi connectivity index (χ0n) is 14.1. The second kappa shape index (κ2) is 7.54. The van der Waals surface area contributed by atoms with Crippen LogP contribution in [0.2, 0.25) is 0 Å². The highest BCUT2D eigenvalue weighted by atomic mass is 79.9. The Morgan fingerprint density at radius 2 is 1.88 bits per heavy atom. The van der Waals surface area contributed by atoms with Crippen molar-refractivity contribution >= 4 is 33.5 Å². The molecule has 0 saturated carbocycles. The first-order chi connectivity index (χ1) is 12.0. The van der Waals surface area contributed by atoms with Gasteiger partial charge in [0.1, 0.15) is 0 Å². The number of thioether (sulfide) groups is 1. The first kappa shape index (κ1) is 17.9. The smallest absolute Gasteiger partial charge is 0.277 e. The van der Waals surface area contributed by atoms with Crippen molar-refractivity contribution in [2.45, 2.75) is 31.2 Å². The number of ketones is 1. The lowest BCUT2D eigenvalue weighted by Gasteiger charge is -2.09. The summed E-state index contributed by atoms with van der Waals surface area (Å²) < 4.78 is 6.59. The van der Waals surface area contributed by atoms with E-state index in [4.69, 9.17) is 4.42 Å². The minimum Gasteiger partial charge on any atom is -0.411 e. The van der Waals surface area contributed by atoms with Gasteiger partial charge in [-0.1, -0.05) is 36.0 Å². The van der Waals surface area contributed by atoms with E-state index >= 15 is 0 Å². The average molecular weight is 417 g/mol. The van der Waals surface area contributed by atoms with E-state index in [1.807, 2.05) is 63.2 Å². The van der Waals surface area contributed by atoms with Crippen molar-refractivity contribution < 1.29 is 9.21 Å². The largest absolute Gasteiger partial charge is 0.411 e. The normalized spacial score (nSPS) is 12.2. The van der Waals surface area contributed by atoms with Crippen molar-refractivity contribution in [3.63, 3.8) is 0 Å². The van der Waals surface area contributed by atoms with Crippen LogP contribution in [0.4, 0.5) is 0 Å². The summed E-state index contributed by atoms with van der Waals surface area (Å²) in [5, 5.41) is 8.21. The number of carbonyl (C=O) groups excluding carboxylic acids is 1. The molecular weight excluding hydrogens is 400 g/mol. The molecule has 0 saturated heterocycles. The van der Waals surface area contributed by atoms with Gasteiger partial charge < -0.3 is 4.42 Å². The Morgan fingerprint density at radius 1 is 1.12 bits per heavy atom. The minimum atomic E-state index is -0.311. The summed E-state index contributed by atoms with van der Waals surface area (Å²) in [4.78, 5) is 12.6. The van der Waals surface area contributed by atoms with Crippen LogP contribution in [0, 0.1) is 13.8 Å². The van der Waals surface area contributed by atoms with E-state index in [9.17, 15) is 4.79 Å². The maximum atomic E-state index is 12.6. The van der Waals surface area contributed by atoms with Crippen LogP contribution < -0.4 is 0 Å². The second-order valence-electron chi connectivity index (χ2n) is 5.78. The quantitative estimate of drug-likeness (QED) is 0.407. The van der Waals surface area contributed by atoms with Crippen LogP contribution in [-0.2, 0) is 0 Å². The lowest BCUT2D eigenvalue weighted by Crippen LogP contribution is -2.13. The van der Waals surface area contributed by atoms with Crippen molar-refractivity contribution in [1.82, 2.24) is 10.2 Å². The minimum absolute atomic E-state index is 0.0498. The van der Waals surface area contributed by atoms with Crippen molar-refractivity contribution in [3.8, 4) is 11.5 Å². The third-order valence-electron chi connectivity index (χ3n) is 3.95. The maximum absolute atomic E-state index is 12.6. The first-order valence-corrected chi connectivity index (χ1v) is 9.49. The Morgan fingerprint density at radius 3 is 2.60 bits per heavy atom. The van der Waals surface area contributed by atoms with Gasteiger partial charge in [0.2, 0.25) is 5.89 Å². The number of aryl methyl sites for hydroxylation is 2. The number of hydrogen-bond donors (Lipinski definition) is 0. The number of nitrogens with zero attached hydrogens (tertiary/aromatic N) is 2. The second-order valence-corrected chi connectivity index (χ2v) is 7.92. The van der Waals surface area contributed by atoms with Gasteiger partial charge in [0.25, 0.3) is 5.22 Å². The fourth-order valence-corrected chi connectivity index (χ4v) is 3.55. The van der Waals surface area contributed by atoms with E-state index in [1.165, 1.54) is 17.3 Å². The molecule has 0 aliphatic rings. The van der Waals surface area contributed by atoms with Gasteiger partial charge in [-0.3, -0.25) is 4.79 Å². The summed E-state index contributed by atoms with van der Waals surface area (Å²) >= 11 is 4.74. The molecule has 0 spiro atoms. The van der Waals surface area contributed by atoms with Gasteiger partial charge in [-0.2, -0.15) is 0 Å². The van der Waals surface area contributed by atoms with Crippen LogP contribution in [0.1, 0.15) is 28.4 Å². The van der Waals surface area contributed by atoms with Gasteiger partial charge in [-0.15, -0.1) is 10.2 Å². The number of benzene rings is 2. The van der Waals surface area contributed by atoms with E-state index in [1.54, 1.807) is 0 Å². The van der Waals surface area contributed by atoms with Crippen molar-refractivity contribution in [2.75, 3.05) is 0 Å². The van der Waals surface area contributed by atoms with E-state index in [-0.39, 0.29) is 11.0 Å². The van der Waals surface area contributed by atoms with Crippen molar-refractivity contribution in [1.29, 1.82) is 0 Å². The zero-order chi connectivity index (χ0) is 18.0. The third kappa shape index (κ3) is 4.02. The van der Waals surface area contributed by atoms with Gasteiger partial charge in [-0.25, -0.2) is 0 Å². The van der Waals surface area contributed by atoms with Crippen LogP contribution in [0.25, 0.3) is 11.5 Å². The molecule has 128 valence electrons. The van der Waals surface area contributed by atoms with Crippen LogP contribution in [-0.4, -0.2) is 21.2 Å². The Kier molecular flexibility index (Phi) is 5.39. The average Bonchev–Trinajstić information content (AvgIpc) is 3.05. The molecule has 0 radical (unpaired) electrons. The zero-order valence-corrected chi connectivity index (χ0v) is 16.5. The number of rotatable bonds is 5. The molecule has 1 heterocycles. The molecular formula is C19H17BrN2O2S. The van der Waals surface area contributed by atoms with Gasteiger partial charge in [0.05, 0.1) is 10.8 Å². The Bertz CT molecular complexity index is 923. The number of halogens is 1. The summed E-state index contributed by atoms with van der Waals surface area (Å²) in [7, 11) is 0. The highest BCUT2D eigenvalue weighted by Crippen LogP contribution is 2.31. The molecule has 0 aliphatic heterocycles. The lowest BCUT2D eigenvalue weighted by atomic mass is 10.0. The van der Waals surface area contributed by atoms with Crippen molar-refractivity contribution in [2.24, 2.45) is 0 Å². The standard InChI is InChI=1S/C19H17BrN2O2S/c1-11-8-9-14(10-12(11)2)17(23)13(3)25-19-22-21-18(24-19)15-6-4-5-7-16(15)20/h4-10,13H,1-3H3/t13-/m0/s1. The Labute approximate surface area is 159 Å². The molecule has 3 aromatic rings. The molecule has 0 unspecified atom stereocenters. The molecule has 1 atom stereocenters. The SMILES string of the molecule is Cc1ccc(C(=O)[C@H](C)Sc2nnc(-c3ccccc3Br)o2)cc1C. The van der Waals surface area contributed by atoms with E-state index in [0.717, 1.165) is 15.6 Å². The number of hydrogen-bond acceptors (Lipinski definition) is 5. The van der Waals surface area contributed by atoms with E-state index in [2.05, 4.69) is 26.1 Å². The molecule has 25 heavy (non-hydrogen) atoms. The molecule has 4 nitrogen and oxygen atoms in total. The predicted molar refractivity (Wildman–Crippen MR) is 103 cm³/mol. The summed E-state index contributed by atoms with van der Waals surface area (Å²) in [5.74, 6) is 0.481. The fraction of sp³-hybridized carbons (Fsp3) is 0.211. The lowest BCUT2D eigenvalue weighted by molar-refractivity contribution is 0.0993. The van der Waals surface area contributed by atoms with Crippen LogP contribution in [0.5, 0.6) is 0 Å². The topological polar surface area (TPSA) is 56.0 Å². The summed E-state index contributed by atoms with van der Waals surface area (Å²) in [6.45, 7) is 5.89. The molecule has 6 heteroatoms. The Balaban J connectivity index is 1.75. The van der Waals surface area contributed by atoms with Gasteiger partial charge in [0.15, 0.2) is 5.78 Å². The molecule has 0 N–H and O–H groups in total. The molecule has 0 bridgehead atoms. The summed E-state index contributed by atoms with van der Waals surface area (Å²) in [5.41, 5.74) is 3.81. The third-order valence-corrected chi connectivity index (χ3v) is 5.57. The number of aromatic nitrogens is 2. The van der Waals surface area contributed by atoms with E-state index < -0.39 is 0 Å². The van der Waals surface area contributed by atoms with Crippen molar-refractivity contribution in [3.05, 3.63) is 63.6 Å². The molecule has 2 aromatic carbocycles. The van der Waals surface area contributed by atoms with Gasteiger partial charge >= 0.3 is 0 Å². The predicted octanol–water partition coefficient (Wildman–Crippen LogP) is 5.48. The fourth-order valence-electron chi connectivity index (χ4n) is 2.34. The highest BCUT2D eigenvalue weighted by Gasteiger charge is 2.21. The maximum Gasteiger partial charge on any atom is 0.277 e. The molecule has 0 amide bonds. The van der Waals surface area contributed by atoms with Crippen LogP contribution in [0.3, 0.4) is 0 Å². The summed E-state index contributed by atoms with van der Waals surface area (Å²) in [6, 6.07) is 13.4. The van der Waals surface area contributed by atoms with Gasteiger partial charge in [0, 0.05) is 10.0 Å². The highest BCUT2D eigenvalue weighted by molar-refractivity contribution is 9.10.